The van der Waals surface area contributed by atoms with Gasteiger partial charge in [0.25, 0.3) is 0 Å². The molecular formula is C21H29NO3. The van der Waals surface area contributed by atoms with Crippen LogP contribution in [-0.4, -0.2) is 47.8 Å². The molecule has 4 rings (SSSR count). The zero-order chi connectivity index (χ0) is 17.2. The summed E-state index contributed by atoms with van der Waals surface area (Å²) in [5, 5.41) is 10.2. The van der Waals surface area contributed by atoms with Crippen molar-refractivity contribution >= 4 is 5.91 Å². The molecule has 0 aromatic heterocycles. The Labute approximate surface area is 150 Å². The van der Waals surface area contributed by atoms with Gasteiger partial charge in [-0.15, -0.1) is 0 Å². The highest BCUT2D eigenvalue weighted by Crippen LogP contribution is 2.43. The Hall–Kier alpha value is -1.39. The highest BCUT2D eigenvalue weighted by atomic mass is 16.5. The average Bonchev–Trinajstić information content (AvgIpc) is 3.04. The second-order valence-corrected chi connectivity index (χ2v) is 8.04. The molecule has 1 heterocycles. The molecule has 1 aliphatic heterocycles. The maximum Gasteiger partial charge on any atom is 0.223 e. The second-order valence-electron chi connectivity index (χ2n) is 8.04. The summed E-state index contributed by atoms with van der Waals surface area (Å²) >= 11 is 0. The van der Waals surface area contributed by atoms with Crippen LogP contribution in [0, 0.1) is 11.8 Å². The molecule has 2 saturated carbocycles. The first-order chi connectivity index (χ1) is 12.2. The van der Waals surface area contributed by atoms with E-state index in [1.807, 2.05) is 4.90 Å². The summed E-state index contributed by atoms with van der Waals surface area (Å²) in [6.07, 6.45) is 5.57. The number of aliphatic hydroxyl groups excluding tert-OH is 1. The third-order valence-electron chi connectivity index (χ3n) is 6.48. The van der Waals surface area contributed by atoms with E-state index >= 15 is 0 Å². The Balaban J connectivity index is 1.32. The lowest BCUT2D eigenvalue weighted by Crippen LogP contribution is -2.54. The minimum atomic E-state index is -0.270. The van der Waals surface area contributed by atoms with Crippen molar-refractivity contribution in [2.75, 3.05) is 19.8 Å². The standard InChI is InChI=1S/C21H29NO3/c23-20-8-4-7-18(20)19-14-25-10-9-22(19)21(24)13-15-11-17(12-15)16-5-2-1-3-6-16/h1-3,5-6,15,17-20,23H,4,7-14H2. The Morgan fingerprint density at radius 3 is 2.72 bits per heavy atom. The molecule has 3 unspecified atom stereocenters. The summed E-state index contributed by atoms with van der Waals surface area (Å²) in [5.41, 5.74) is 1.41. The highest BCUT2D eigenvalue weighted by molar-refractivity contribution is 5.77. The topological polar surface area (TPSA) is 49.8 Å². The van der Waals surface area contributed by atoms with E-state index in [9.17, 15) is 9.90 Å². The Morgan fingerprint density at radius 2 is 2.00 bits per heavy atom. The number of amides is 1. The van der Waals surface area contributed by atoms with Gasteiger partial charge in [-0.25, -0.2) is 0 Å². The fraction of sp³-hybridized carbons (Fsp3) is 0.667. The van der Waals surface area contributed by atoms with Crippen LogP contribution in [0.1, 0.15) is 50.0 Å². The van der Waals surface area contributed by atoms with Crippen molar-refractivity contribution in [2.24, 2.45) is 11.8 Å². The van der Waals surface area contributed by atoms with Gasteiger partial charge < -0.3 is 14.7 Å². The van der Waals surface area contributed by atoms with E-state index in [0.717, 1.165) is 32.1 Å². The number of carbonyl (C=O) groups excluding carboxylic acids is 1. The smallest absolute Gasteiger partial charge is 0.223 e. The predicted molar refractivity (Wildman–Crippen MR) is 96.2 cm³/mol. The predicted octanol–water partition coefficient (Wildman–Crippen LogP) is 2.96. The number of nitrogens with zero attached hydrogens (tertiary/aromatic N) is 1. The van der Waals surface area contributed by atoms with E-state index in [1.165, 1.54) is 5.56 Å². The Morgan fingerprint density at radius 1 is 1.20 bits per heavy atom. The molecule has 25 heavy (non-hydrogen) atoms. The van der Waals surface area contributed by atoms with Crippen molar-refractivity contribution in [1.82, 2.24) is 4.90 Å². The number of benzene rings is 1. The normalized spacial score (nSPS) is 35.4. The van der Waals surface area contributed by atoms with Gasteiger partial charge in [0.15, 0.2) is 0 Å². The fourth-order valence-corrected chi connectivity index (χ4v) is 4.97. The molecular weight excluding hydrogens is 314 g/mol. The average molecular weight is 343 g/mol. The summed E-state index contributed by atoms with van der Waals surface area (Å²) in [6, 6.07) is 10.7. The number of morpholine rings is 1. The van der Waals surface area contributed by atoms with Gasteiger partial charge >= 0.3 is 0 Å². The summed E-state index contributed by atoms with van der Waals surface area (Å²) in [5.74, 6) is 1.59. The van der Waals surface area contributed by atoms with Crippen LogP contribution in [0.4, 0.5) is 0 Å². The van der Waals surface area contributed by atoms with Gasteiger partial charge in [0.1, 0.15) is 0 Å². The van der Waals surface area contributed by atoms with E-state index in [4.69, 9.17) is 4.74 Å². The molecule has 1 aromatic rings. The molecule has 0 bridgehead atoms. The quantitative estimate of drug-likeness (QED) is 0.914. The monoisotopic (exact) mass is 343 g/mol. The molecule has 0 radical (unpaired) electrons. The summed E-state index contributed by atoms with van der Waals surface area (Å²) in [6.45, 7) is 1.90. The molecule has 3 aliphatic rings. The maximum absolute atomic E-state index is 12.9. The molecule has 1 N–H and O–H groups in total. The number of ether oxygens (including phenoxy) is 1. The highest BCUT2D eigenvalue weighted by Gasteiger charge is 2.40. The summed E-state index contributed by atoms with van der Waals surface area (Å²) in [7, 11) is 0. The van der Waals surface area contributed by atoms with Crippen LogP contribution >= 0.6 is 0 Å². The van der Waals surface area contributed by atoms with Crippen LogP contribution in [0.5, 0.6) is 0 Å². The molecule has 3 fully saturated rings. The van der Waals surface area contributed by atoms with Crippen molar-refractivity contribution in [3.05, 3.63) is 35.9 Å². The van der Waals surface area contributed by atoms with Gasteiger partial charge in [-0.05, 0) is 43.1 Å². The lowest BCUT2D eigenvalue weighted by molar-refractivity contribution is -0.145. The lowest BCUT2D eigenvalue weighted by atomic mass is 9.70. The van der Waals surface area contributed by atoms with Crippen LogP contribution in [0.3, 0.4) is 0 Å². The SMILES string of the molecule is O=C(CC1CC(c2ccccc2)C1)N1CCOCC1C1CCCC1O. The third kappa shape index (κ3) is 3.61. The van der Waals surface area contributed by atoms with Crippen molar-refractivity contribution < 1.29 is 14.6 Å². The van der Waals surface area contributed by atoms with Crippen LogP contribution in [0.25, 0.3) is 0 Å². The largest absolute Gasteiger partial charge is 0.393 e. The van der Waals surface area contributed by atoms with Crippen molar-refractivity contribution in [1.29, 1.82) is 0 Å². The van der Waals surface area contributed by atoms with Gasteiger partial charge in [0.05, 0.1) is 25.4 Å². The molecule has 1 aromatic carbocycles. The number of carbonyl (C=O) groups is 1. The van der Waals surface area contributed by atoms with Gasteiger partial charge in [-0.2, -0.15) is 0 Å². The second kappa shape index (κ2) is 7.46. The van der Waals surface area contributed by atoms with Crippen LogP contribution in [-0.2, 0) is 9.53 Å². The molecule has 4 heteroatoms. The molecule has 136 valence electrons. The zero-order valence-corrected chi connectivity index (χ0v) is 14.8. The minimum Gasteiger partial charge on any atom is -0.393 e. The minimum absolute atomic E-state index is 0.0729. The van der Waals surface area contributed by atoms with Crippen LogP contribution < -0.4 is 0 Å². The molecule has 1 amide bonds. The van der Waals surface area contributed by atoms with Crippen molar-refractivity contribution in [3.8, 4) is 0 Å². The number of rotatable bonds is 4. The lowest BCUT2D eigenvalue weighted by Gasteiger charge is -2.42. The fourth-order valence-electron chi connectivity index (χ4n) is 4.97. The Bertz CT molecular complexity index is 584. The van der Waals surface area contributed by atoms with Crippen molar-refractivity contribution in [3.63, 3.8) is 0 Å². The number of hydrogen-bond donors (Lipinski definition) is 1. The van der Waals surface area contributed by atoms with E-state index in [1.54, 1.807) is 0 Å². The Kier molecular flexibility index (Phi) is 5.09. The van der Waals surface area contributed by atoms with E-state index in [-0.39, 0.29) is 24.0 Å². The maximum atomic E-state index is 12.9. The van der Waals surface area contributed by atoms with Gasteiger partial charge in [-0.3, -0.25) is 4.79 Å². The zero-order valence-electron chi connectivity index (χ0n) is 14.8. The first-order valence-corrected chi connectivity index (χ1v) is 9.82. The molecule has 0 spiro atoms. The molecule has 4 nitrogen and oxygen atoms in total. The molecule has 2 aliphatic carbocycles. The van der Waals surface area contributed by atoms with Gasteiger partial charge in [-0.1, -0.05) is 36.8 Å². The molecule has 1 saturated heterocycles. The molecule has 3 atom stereocenters. The first kappa shape index (κ1) is 17.0. The first-order valence-electron chi connectivity index (χ1n) is 9.82. The number of hydrogen-bond acceptors (Lipinski definition) is 3. The van der Waals surface area contributed by atoms with Gasteiger partial charge in [0.2, 0.25) is 5.91 Å². The van der Waals surface area contributed by atoms with Gasteiger partial charge in [0, 0.05) is 18.9 Å². The van der Waals surface area contributed by atoms with E-state index < -0.39 is 0 Å². The summed E-state index contributed by atoms with van der Waals surface area (Å²) in [4.78, 5) is 14.9. The summed E-state index contributed by atoms with van der Waals surface area (Å²) < 4.78 is 5.64. The third-order valence-corrected chi connectivity index (χ3v) is 6.48. The number of aliphatic hydroxyl groups is 1. The van der Waals surface area contributed by atoms with Crippen LogP contribution in [0.2, 0.25) is 0 Å². The van der Waals surface area contributed by atoms with Crippen molar-refractivity contribution in [2.45, 2.75) is 56.6 Å². The van der Waals surface area contributed by atoms with Crippen LogP contribution in [0.15, 0.2) is 30.3 Å². The van der Waals surface area contributed by atoms with E-state index in [0.29, 0.717) is 38.0 Å². The van der Waals surface area contributed by atoms with E-state index in [2.05, 4.69) is 30.3 Å².